The number of benzene rings is 1. The number of likely N-dealkylation sites (N-methyl/N-ethyl adjacent to an activating group) is 1. The quantitative estimate of drug-likeness (QED) is 0.535. The zero-order chi connectivity index (χ0) is 23.2. The number of aryl methyl sites for hydroxylation is 1. The topological polar surface area (TPSA) is 111 Å². The van der Waals surface area contributed by atoms with Gasteiger partial charge in [0.25, 0.3) is 0 Å². The molecule has 170 valence electrons. The highest BCUT2D eigenvalue weighted by Gasteiger charge is 2.33. The molecule has 1 aliphatic carbocycles. The van der Waals surface area contributed by atoms with E-state index in [0.717, 1.165) is 12.1 Å². The van der Waals surface area contributed by atoms with Crippen LogP contribution in [0.2, 0.25) is 0 Å². The van der Waals surface area contributed by atoms with Gasteiger partial charge >= 0.3 is 6.03 Å². The average Bonchev–Trinajstić information content (AvgIpc) is 2.72. The Morgan fingerprint density at radius 3 is 2.59 bits per heavy atom. The van der Waals surface area contributed by atoms with Gasteiger partial charge in [-0.2, -0.15) is 4.98 Å². The molecule has 4 rings (SSSR count). The Hall–Kier alpha value is -3.57. The average molecular weight is 449 g/mol. The van der Waals surface area contributed by atoms with Gasteiger partial charge in [-0.3, -0.25) is 4.79 Å². The van der Waals surface area contributed by atoms with Crippen LogP contribution in [-0.4, -0.2) is 47.1 Å². The van der Waals surface area contributed by atoms with E-state index in [-0.39, 0.29) is 24.0 Å². The number of halogens is 3. The predicted molar refractivity (Wildman–Crippen MR) is 112 cm³/mol. The molecule has 2 heterocycles. The Morgan fingerprint density at radius 2 is 1.88 bits per heavy atom. The first-order chi connectivity index (χ1) is 15.1. The minimum absolute atomic E-state index is 0.00124. The number of aromatic nitrogens is 2. The molecule has 0 radical (unpaired) electrons. The van der Waals surface area contributed by atoms with Crippen molar-refractivity contribution in [2.45, 2.75) is 44.8 Å². The van der Waals surface area contributed by atoms with Crippen LogP contribution in [0.15, 0.2) is 12.1 Å². The van der Waals surface area contributed by atoms with E-state index < -0.39 is 29.2 Å². The second-order valence-electron chi connectivity index (χ2n) is 7.94. The summed E-state index contributed by atoms with van der Waals surface area (Å²) >= 11 is 0. The van der Waals surface area contributed by atoms with Crippen molar-refractivity contribution in [2.75, 3.05) is 27.9 Å². The molecule has 1 atom stereocenters. The standard InChI is InChI=1S/C20H22F3N7O2/c1-8-16-17(30(3)9(2)18(31)28-16)29-19(24-8)25-10-6-11(7-10)26-20(32)27-13-5-4-12(21)14(22)15(13)23/h4-5,9-11H,6-7H2,1-3H3,(H,28,31)(H,24,25,29)(H2,26,27,32)/t9-,10-,11-/m0/s1. The summed E-state index contributed by atoms with van der Waals surface area (Å²) in [6.45, 7) is 3.56. The summed E-state index contributed by atoms with van der Waals surface area (Å²) < 4.78 is 39.9. The number of nitrogens with zero attached hydrogens (tertiary/aromatic N) is 3. The summed E-state index contributed by atoms with van der Waals surface area (Å²) in [5.74, 6) is -3.52. The van der Waals surface area contributed by atoms with E-state index >= 15 is 0 Å². The van der Waals surface area contributed by atoms with Crippen molar-refractivity contribution in [1.82, 2.24) is 15.3 Å². The van der Waals surface area contributed by atoms with E-state index in [9.17, 15) is 22.8 Å². The van der Waals surface area contributed by atoms with Crippen molar-refractivity contribution in [1.29, 1.82) is 0 Å². The molecule has 1 aromatic carbocycles. The number of anilines is 4. The van der Waals surface area contributed by atoms with Gasteiger partial charge < -0.3 is 26.2 Å². The minimum atomic E-state index is -1.64. The van der Waals surface area contributed by atoms with Gasteiger partial charge in [-0.05, 0) is 38.8 Å². The Labute approximate surface area is 181 Å². The molecule has 0 unspecified atom stereocenters. The number of amides is 3. The molecule has 0 bridgehead atoms. The molecule has 1 aliphatic heterocycles. The van der Waals surface area contributed by atoms with Crippen molar-refractivity contribution >= 4 is 35.1 Å². The molecule has 1 fully saturated rings. The largest absolute Gasteiger partial charge is 0.351 e. The molecule has 0 spiro atoms. The van der Waals surface area contributed by atoms with Crippen molar-refractivity contribution in [3.05, 3.63) is 35.3 Å². The fourth-order valence-corrected chi connectivity index (χ4v) is 3.61. The van der Waals surface area contributed by atoms with Crippen LogP contribution in [0.25, 0.3) is 0 Å². The Bertz CT molecular complexity index is 1090. The highest BCUT2D eigenvalue weighted by molar-refractivity contribution is 6.03. The lowest BCUT2D eigenvalue weighted by Gasteiger charge is -2.37. The summed E-state index contributed by atoms with van der Waals surface area (Å²) in [6.07, 6.45) is 1.13. The SMILES string of the molecule is Cc1nc(N[C@H]2C[C@H](NC(=O)Nc3ccc(F)c(F)c3F)C2)nc2c1NC(=O)[C@H](C)N2C. The number of urea groups is 1. The first-order valence-corrected chi connectivity index (χ1v) is 10.0. The van der Waals surface area contributed by atoms with Gasteiger partial charge in [0.2, 0.25) is 11.9 Å². The third-order valence-electron chi connectivity index (χ3n) is 5.70. The van der Waals surface area contributed by atoms with Gasteiger partial charge in [0.1, 0.15) is 11.7 Å². The van der Waals surface area contributed by atoms with Gasteiger partial charge in [-0.15, -0.1) is 0 Å². The van der Waals surface area contributed by atoms with Gasteiger partial charge in [0.15, 0.2) is 23.3 Å². The fourth-order valence-electron chi connectivity index (χ4n) is 3.61. The molecular formula is C20H22F3N7O2. The van der Waals surface area contributed by atoms with E-state index in [0.29, 0.717) is 36.0 Å². The zero-order valence-corrected chi connectivity index (χ0v) is 17.6. The van der Waals surface area contributed by atoms with Gasteiger partial charge in [0, 0.05) is 19.1 Å². The third kappa shape index (κ3) is 3.99. The second kappa shape index (κ2) is 8.17. The maximum Gasteiger partial charge on any atom is 0.319 e. The van der Waals surface area contributed by atoms with Crippen molar-refractivity contribution in [3.63, 3.8) is 0 Å². The predicted octanol–water partition coefficient (Wildman–Crippen LogP) is 2.74. The summed E-state index contributed by atoms with van der Waals surface area (Å²) in [4.78, 5) is 34.7. The van der Waals surface area contributed by atoms with Crippen molar-refractivity contribution in [2.24, 2.45) is 0 Å². The molecule has 9 nitrogen and oxygen atoms in total. The molecule has 0 saturated heterocycles. The number of hydrogen-bond acceptors (Lipinski definition) is 6. The molecule has 32 heavy (non-hydrogen) atoms. The first kappa shape index (κ1) is 21.7. The monoisotopic (exact) mass is 449 g/mol. The number of nitrogens with one attached hydrogen (secondary N) is 4. The lowest BCUT2D eigenvalue weighted by Crippen LogP contribution is -2.51. The normalized spacial score (nSPS) is 21.9. The summed E-state index contributed by atoms with van der Waals surface area (Å²) in [6, 6.07) is 0.418. The number of carbonyl (C=O) groups excluding carboxylic acids is 2. The summed E-state index contributed by atoms with van der Waals surface area (Å²) in [7, 11) is 1.79. The first-order valence-electron chi connectivity index (χ1n) is 10.0. The molecule has 12 heteroatoms. The van der Waals surface area contributed by atoms with E-state index in [1.54, 1.807) is 25.8 Å². The molecule has 3 amide bonds. The van der Waals surface area contributed by atoms with Crippen molar-refractivity contribution < 1.29 is 22.8 Å². The zero-order valence-electron chi connectivity index (χ0n) is 17.6. The smallest absolute Gasteiger partial charge is 0.319 e. The molecular weight excluding hydrogens is 427 g/mol. The number of hydrogen-bond donors (Lipinski definition) is 4. The summed E-state index contributed by atoms with van der Waals surface area (Å²) in [5, 5.41) is 10.9. The van der Waals surface area contributed by atoms with Crippen LogP contribution in [-0.2, 0) is 4.79 Å². The number of carbonyl (C=O) groups is 2. The van der Waals surface area contributed by atoms with Crippen LogP contribution >= 0.6 is 0 Å². The lowest BCUT2D eigenvalue weighted by molar-refractivity contribution is -0.117. The van der Waals surface area contributed by atoms with Crippen LogP contribution in [0.5, 0.6) is 0 Å². The van der Waals surface area contributed by atoms with Crippen molar-refractivity contribution in [3.8, 4) is 0 Å². The minimum Gasteiger partial charge on any atom is -0.351 e. The van der Waals surface area contributed by atoms with Gasteiger partial charge in [0.05, 0.1) is 11.4 Å². The van der Waals surface area contributed by atoms with Crippen LogP contribution in [0.3, 0.4) is 0 Å². The van der Waals surface area contributed by atoms with Gasteiger partial charge in [-0.1, -0.05) is 0 Å². The van der Waals surface area contributed by atoms with Crippen LogP contribution in [0.1, 0.15) is 25.5 Å². The Kier molecular flexibility index (Phi) is 5.53. The highest BCUT2D eigenvalue weighted by Crippen LogP contribution is 2.33. The van der Waals surface area contributed by atoms with E-state index in [1.165, 1.54) is 0 Å². The summed E-state index contributed by atoms with van der Waals surface area (Å²) in [5.41, 5.74) is 0.765. The Balaban J connectivity index is 1.32. The van der Waals surface area contributed by atoms with Crippen LogP contribution < -0.4 is 26.2 Å². The lowest BCUT2D eigenvalue weighted by atomic mass is 9.87. The van der Waals surface area contributed by atoms with E-state index in [2.05, 4.69) is 31.2 Å². The third-order valence-corrected chi connectivity index (χ3v) is 5.70. The molecule has 2 aliphatic rings. The van der Waals surface area contributed by atoms with E-state index in [1.807, 2.05) is 0 Å². The highest BCUT2D eigenvalue weighted by atomic mass is 19.2. The maximum absolute atomic E-state index is 13.7. The van der Waals surface area contributed by atoms with E-state index in [4.69, 9.17) is 0 Å². The molecule has 1 saturated carbocycles. The fraction of sp³-hybridized carbons (Fsp3) is 0.400. The molecule has 1 aromatic heterocycles. The second-order valence-corrected chi connectivity index (χ2v) is 7.94. The molecule has 4 N–H and O–H groups in total. The molecule has 2 aromatic rings. The number of rotatable bonds is 4. The van der Waals surface area contributed by atoms with Gasteiger partial charge in [-0.25, -0.2) is 22.9 Å². The van der Waals surface area contributed by atoms with Crippen LogP contribution in [0.4, 0.5) is 41.1 Å². The Morgan fingerprint density at radius 1 is 1.16 bits per heavy atom. The maximum atomic E-state index is 13.7. The van der Waals surface area contributed by atoms with Crippen LogP contribution in [0, 0.1) is 24.4 Å². The number of fused-ring (bicyclic) bond motifs is 1.